The van der Waals surface area contributed by atoms with Crippen LogP contribution in [0.1, 0.15) is 48.9 Å². The Morgan fingerprint density at radius 1 is 0.962 bits per heavy atom. The maximum Gasteiger partial charge on any atom is 0.329 e. The average Bonchev–Trinajstić information content (AvgIpc) is 2.66. The first-order valence-electron chi connectivity index (χ1n) is 8.78. The average molecular weight is 351 g/mol. The van der Waals surface area contributed by atoms with Gasteiger partial charge in [-0.05, 0) is 34.6 Å². The molecule has 2 aromatic rings. The zero-order valence-electron chi connectivity index (χ0n) is 15.5. The molecule has 5 nitrogen and oxygen atoms in total. The van der Waals surface area contributed by atoms with Crippen LogP contribution < -0.4 is 10.7 Å². The molecule has 0 heterocycles. The summed E-state index contributed by atoms with van der Waals surface area (Å²) in [7, 11) is 0. The predicted molar refractivity (Wildman–Crippen MR) is 104 cm³/mol. The highest BCUT2D eigenvalue weighted by molar-refractivity contribution is 6.35. The van der Waals surface area contributed by atoms with Gasteiger partial charge in [0, 0.05) is 6.54 Å². The molecule has 0 radical (unpaired) electrons. The van der Waals surface area contributed by atoms with E-state index in [1.54, 1.807) is 0 Å². The first-order chi connectivity index (χ1) is 12.5. The standard InChI is InChI=1S/C21H25N3O2/c1-4-16-5-7-18(8-6-16)14-23-24-21(26)20(25)22-13-17-9-11-19(12-10-17)15(2)3/h5-12,14-15H,4,13H2,1-3H3,(H,22,25)(H,24,26)/b23-14-. The fourth-order valence-electron chi connectivity index (χ4n) is 2.34. The minimum atomic E-state index is -0.787. The Labute approximate surface area is 154 Å². The Balaban J connectivity index is 1.79. The normalized spacial score (nSPS) is 10.9. The molecule has 0 aromatic heterocycles. The summed E-state index contributed by atoms with van der Waals surface area (Å²) in [6, 6.07) is 15.8. The molecule has 0 aliphatic carbocycles. The summed E-state index contributed by atoms with van der Waals surface area (Å²) in [4.78, 5) is 23.6. The van der Waals surface area contributed by atoms with Crippen LogP contribution in [0.25, 0.3) is 0 Å². The number of carbonyl (C=O) groups is 2. The van der Waals surface area contributed by atoms with Crippen molar-refractivity contribution in [3.8, 4) is 0 Å². The van der Waals surface area contributed by atoms with Crippen molar-refractivity contribution in [2.75, 3.05) is 0 Å². The smallest absolute Gasteiger partial charge is 0.329 e. The Hall–Kier alpha value is -2.95. The van der Waals surface area contributed by atoms with E-state index in [4.69, 9.17) is 0 Å². The number of rotatable bonds is 6. The fourth-order valence-corrected chi connectivity index (χ4v) is 2.34. The lowest BCUT2D eigenvalue weighted by atomic mass is 10.0. The summed E-state index contributed by atoms with van der Waals surface area (Å²) in [6.45, 7) is 6.63. The Morgan fingerprint density at radius 2 is 1.58 bits per heavy atom. The molecule has 0 unspecified atom stereocenters. The van der Waals surface area contributed by atoms with Crippen LogP contribution in [0.2, 0.25) is 0 Å². The van der Waals surface area contributed by atoms with Gasteiger partial charge < -0.3 is 5.32 Å². The number of nitrogens with one attached hydrogen (secondary N) is 2. The second-order valence-electron chi connectivity index (χ2n) is 6.37. The maximum atomic E-state index is 11.8. The molecule has 0 aliphatic heterocycles. The van der Waals surface area contributed by atoms with Gasteiger partial charge in [0.25, 0.3) is 0 Å². The van der Waals surface area contributed by atoms with E-state index in [2.05, 4.69) is 36.6 Å². The predicted octanol–water partition coefficient (Wildman–Crippen LogP) is 3.14. The van der Waals surface area contributed by atoms with E-state index in [0.29, 0.717) is 12.5 Å². The van der Waals surface area contributed by atoms with E-state index in [1.807, 2.05) is 48.5 Å². The second kappa shape index (κ2) is 9.51. The maximum absolute atomic E-state index is 11.8. The molecule has 0 saturated carbocycles. The third kappa shape index (κ3) is 5.84. The van der Waals surface area contributed by atoms with Crippen LogP contribution in [0.15, 0.2) is 53.6 Å². The third-order valence-corrected chi connectivity index (χ3v) is 4.07. The van der Waals surface area contributed by atoms with E-state index >= 15 is 0 Å². The van der Waals surface area contributed by atoms with Crippen molar-refractivity contribution in [2.45, 2.75) is 39.7 Å². The number of hydrazone groups is 1. The van der Waals surface area contributed by atoms with Crippen LogP contribution >= 0.6 is 0 Å². The summed E-state index contributed by atoms with van der Waals surface area (Å²) in [5, 5.41) is 6.41. The van der Waals surface area contributed by atoms with E-state index in [0.717, 1.165) is 17.5 Å². The highest BCUT2D eigenvalue weighted by atomic mass is 16.2. The van der Waals surface area contributed by atoms with Gasteiger partial charge in [0.2, 0.25) is 0 Å². The molecule has 2 amide bonds. The topological polar surface area (TPSA) is 70.6 Å². The van der Waals surface area contributed by atoms with Crippen LogP contribution in [0, 0.1) is 0 Å². The van der Waals surface area contributed by atoms with Crippen molar-refractivity contribution in [3.05, 3.63) is 70.8 Å². The molecule has 0 bridgehead atoms. The molecule has 136 valence electrons. The largest absolute Gasteiger partial charge is 0.344 e. The lowest BCUT2D eigenvalue weighted by Gasteiger charge is -2.07. The van der Waals surface area contributed by atoms with Gasteiger partial charge in [0.1, 0.15) is 0 Å². The Morgan fingerprint density at radius 3 is 2.15 bits per heavy atom. The first kappa shape index (κ1) is 19.4. The molecule has 2 aromatic carbocycles. The number of amides is 2. The number of aryl methyl sites for hydroxylation is 1. The van der Waals surface area contributed by atoms with Crippen molar-refractivity contribution in [3.63, 3.8) is 0 Å². The molecule has 0 fully saturated rings. The molecule has 26 heavy (non-hydrogen) atoms. The Kier molecular flexibility index (Phi) is 7.09. The summed E-state index contributed by atoms with van der Waals surface area (Å²) in [5.74, 6) is -1.04. The van der Waals surface area contributed by atoms with Crippen molar-refractivity contribution < 1.29 is 9.59 Å². The summed E-state index contributed by atoms with van der Waals surface area (Å²) < 4.78 is 0. The quantitative estimate of drug-likeness (QED) is 0.477. The molecule has 0 spiro atoms. The van der Waals surface area contributed by atoms with E-state index in [-0.39, 0.29) is 0 Å². The van der Waals surface area contributed by atoms with Crippen LogP contribution in [0.4, 0.5) is 0 Å². The number of carbonyl (C=O) groups excluding carboxylic acids is 2. The first-order valence-corrected chi connectivity index (χ1v) is 8.78. The molecule has 0 saturated heterocycles. The minimum Gasteiger partial charge on any atom is -0.344 e. The van der Waals surface area contributed by atoms with Gasteiger partial charge in [-0.2, -0.15) is 5.10 Å². The van der Waals surface area contributed by atoms with Crippen LogP contribution in [-0.4, -0.2) is 18.0 Å². The number of hydrogen-bond acceptors (Lipinski definition) is 3. The minimum absolute atomic E-state index is 0.298. The van der Waals surface area contributed by atoms with Crippen molar-refractivity contribution in [1.29, 1.82) is 0 Å². The van der Waals surface area contributed by atoms with E-state index in [9.17, 15) is 9.59 Å². The second-order valence-corrected chi connectivity index (χ2v) is 6.37. The summed E-state index contributed by atoms with van der Waals surface area (Å²) in [6.07, 6.45) is 2.48. The van der Waals surface area contributed by atoms with E-state index < -0.39 is 11.8 Å². The lowest BCUT2D eigenvalue weighted by Crippen LogP contribution is -2.37. The molecule has 2 N–H and O–H groups in total. The third-order valence-electron chi connectivity index (χ3n) is 4.07. The highest BCUT2D eigenvalue weighted by Gasteiger charge is 2.11. The van der Waals surface area contributed by atoms with Gasteiger partial charge >= 0.3 is 11.8 Å². The van der Waals surface area contributed by atoms with Gasteiger partial charge in [0.15, 0.2) is 0 Å². The van der Waals surface area contributed by atoms with Crippen LogP contribution in [-0.2, 0) is 22.6 Å². The summed E-state index contributed by atoms with van der Waals surface area (Å²) >= 11 is 0. The SMILES string of the molecule is CCc1ccc(/C=N\NC(=O)C(=O)NCc2ccc(C(C)C)cc2)cc1. The van der Waals surface area contributed by atoms with E-state index in [1.165, 1.54) is 17.3 Å². The highest BCUT2D eigenvalue weighted by Crippen LogP contribution is 2.14. The summed E-state index contributed by atoms with van der Waals surface area (Å²) in [5.41, 5.74) is 6.50. The molecular weight excluding hydrogens is 326 g/mol. The van der Waals surface area contributed by atoms with Gasteiger partial charge in [-0.1, -0.05) is 69.3 Å². The van der Waals surface area contributed by atoms with Crippen LogP contribution in [0.3, 0.4) is 0 Å². The molecule has 0 atom stereocenters. The van der Waals surface area contributed by atoms with Gasteiger partial charge in [-0.15, -0.1) is 0 Å². The zero-order valence-corrected chi connectivity index (χ0v) is 15.5. The zero-order chi connectivity index (χ0) is 18.9. The fraction of sp³-hybridized carbons (Fsp3) is 0.286. The number of nitrogens with zero attached hydrogens (tertiary/aromatic N) is 1. The lowest BCUT2D eigenvalue weighted by molar-refractivity contribution is -0.139. The molecule has 0 aliphatic rings. The Bertz CT molecular complexity index is 763. The van der Waals surface area contributed by atoms with Gasteiger partial charge in [-0.25, -0.2) is 5.43 Å². The molecule has 5 heteroatoms. The molecular formula is C21H25N3O2. The van der Waals surface area contributed by atoms with Crippen molar-refractivity contribution in [1.82, 2.24) is 10.7 Å². The van der Waals surface area contributed by atoms with Gasteiger partial charge in [0.05, 0.1) is 6.21 Å². The monoisotopic (exact) mass is 351 g/mol. The molecule has 2 rings (SSSR count). The van der Waals surface area contributed by atoms with Crippen molar-refractivity contribution in [2.24, 2.45) is 5.10 Å². The number of benzene rings is 2. The van der Waals surface area contributed by atoms with Crippen molar-refractivity contribution >= 4 is 18.0 Å². The van der Waals surface area contributed by atoms with Crippen LogP contribution in [0.5, 0.6) is 0 Å². The number of hydrogen-bond donors (Lipinski definition) is 2. The van der Waals surface area contributed by atoms with Gasteiger partial charge in [-0.3, -0.25) is 9.59 Å².